The molecule has 0 amide bonds. The van der Waals surface area contributed by atoms with E-state index in [2.05, 4.69) is 35.2 Å². The molecule has 4 heteroatoms. The van der Waals surface area contributed by atoms with Crippen LogP contribution in [0.1, 0.15) is 67.6 Å². The summed E-state index contributed by atoms with van der Waals surface area (Å²) in [5.74, 6) is 2.93. The summed E-state index contributed by atoms with van der Waals surface area (Å²) in [5, 5.41) is 10.0. The van der Waals surface area contributed by atoms with Crippen LogP contribution < -0.4 is 4.90 Å². The molecule has 2 aliphatic carbocycles. The van der Waals surface area contributed by atoms with E-state index in [0.29, 0.717) is 23.5 Å². The molecule has 4 nitrogen and oxygen atoms in total. The van der Waals surface area contributed by atoms with Gasteiger partial charge in [-0.2, -0.15) is 0 Å². The number of methoxy groups -OCH3 is 2. The molecule has 1 saturated heterocycles. The third-order valence-corrected chi connectivity index (χ3v) is 8.58. The standard InChI is InChI=1S/C29H39NO3/c1-32-29(33-2)22-14-16-30(17-15-22)25-10-8-21(9-11-25)28-24(18-20-4-3-5-20)7-6-23-19-26(31)12-13-27(23)28/h8-13,19-20,22,24,28-29,31H,3-7,14-18H2,1-2H3/t24-,28+/m1/s1. The second kappa shape index (κ2) is 10.1. The van der Waals surface area contributed by atoms with E-state index >= 15 is 0 Å². The number of piperidine rings is 1. The molecule has 1 aliphatic heterocycles. The first-order chi connectivity index (χ1) is 16.2. The molecule has 2 aromatic rings. The third-order valence-electron chi connectivity index (χ3n) is 8.58. The lowest BCUT2D eigenvalue weighted by molar-refractivity contribution is -0.141. The number of anilines is 1. The number of phenolic OH excluding ortho intramolecular Hbond substituents is 1. The van der Waals surface area contributed by atoms with Crippen LogP contribution in [0.2, 0.25) is 0 Å². The first-order valence-electron chi connectivity index (χ1n) is 12.9. The average molecular weight is 450 g/mol. The fraction of sp³-hybridized carbons (Fsp3) is 0.586. The molecule has 1 saturated carbocycles. The van der Waals surface area contributed by atoms with Crippen molar-refractivity contribution in [1.82, 2.24) is 0 Å². The van der Waals surface area contributed by atoms with Crippen LogP contribution in [0.15, 0.2) is 42.5 Å². The number of phenols is 1. The summed E-state index contributed by atoms with van der Waals surface area (Å²) in [5.41, 5.74) is 5.52. The first kappa shape index (κ1) is 22.7. The number of fused-ring (bicyclic) bond motifs is 1. The van der Waals surface area contributed by atoms with Gasteiger partial charge in [0.2, 0.25) is 0 Å². The number of rotatable bonds is 7. The molecule has 0 radical (unpaired) electrons. The summed E-state index contributed by atoms with van der Waals surface area (Å²) in [6.45, 7) is 2.09. The van der Waals surface area contributed by atoms with Crippen molar-refractivity contribution >= 4 is 5.69 Å². The van der Waals surface area contributed by atoms with Gasteiger partial charge in [-0.05, 0) is 84.9 Å². The van der Waals surface area contributed by atoms with E-state index in [1.165, 1.54) is 54.5 Å². The molecule has 0 aromatic heterocycles. The monoisotopic (exact) mass is 449 g/mol. The minimum absolute atomic E-state index is 0.0899. The van der Waals surface area contributed by atoms with E-state index in [0.717, 1.165) is 38.3 Å². The van der Waals surface area contributed by atoms with Crippen molar-refractivity contribution in [3.8, 4) is 5.75 Å². The van der Waals surface area contributed by atoms with Gasteiger partial charge in [0.15, 0.2) is 6.29 Å². The lowest BCUT2D eigenvalue weighted by Crippen LogP contribution is -2.39. The highest BCUT2D eigenvalue weighted by Gasteiger charge is 2.34. The Morgan fingerprint density at radius 3 is 2.30 bits per heavy atom. The Labute approximate surface area is 198 Å². The SMILES string of the molecule is COC(OC)C1CCN(c2ccc([C@@H]3c4ccc(O)cc4CC[C@@H]3CC3CCC3)cc2)CC1. The maximum Gasteiger partial charge on any atom is 0.159 e. The van der Waals surface area contributed by atoms with E-state index in [4.69, 9.17) is 9.47 Å². The quantitative estimate of drug-likeness (QED) is 0.518. The smallest absolute Gasteiger partial charge is 0.159 e. The maximum absolute atomic E-state index is 10.0. The number of hydrogen-bond donors (Lipinski definition) is 1. The van der Waals surface area contributed by atoms with Crippen LogP contribution >= 0.6 is 0 Å². The Morgan fingerprint density at radius 2 is 1.67 bits per heavy atom. The summed E-state index contributed by atoms with van der Waals surface area (Å²) in [6, 6.07) is 15.5. The van der Waals surface area contributed by atoms with Crippen molar-refractivity contribution in [2.75, 3.05) is 32.2 Å². The molecule has 2 atom stereocenters. The van der Waals surface area contributed by atoms with Crippen LogP contribution in [0, 0.1) is 17.8 Å². The fourth-order valence-electron chi connectivity index (χ4n) is 6.54. The molecule has 0 spiro atoms. The van der Waals surface area contributed by atoms with Crippen molar-refractivity contribution in [2.45, 2.75) is 63.6 Å². The van der Waals surface area contributed by atoms with Crippen LogP contribution in [0.3, 0.4) is 0 Å². The Bertz CT molecular complexity index is 911. The molecule has 33 heavy (non-hydrogen) atoms. The summed E-state index contributed by atoms with van der Waals surface area (Å²) in [6.07, 6.45) is 10.00. The third kappa shape index (κ3) is 4.79. The minimum atomic E-state index is -0.0899. The molecular formula is C29H39NO3. The molecule has 3 aliphatic rings. The minimum Gasteiger partial charge on any atom is -0.508 e. The largest absolute Gasteiger partial charge is 0.508 e. The normalized spacial score (nSPS) is 24.0. The molecule has 2 aromatic carbocycles. The van der Waals surface area contributed by atoms with Gasteiger partial charge < -0.3 is 19.5 Å². The lowest BCUT2D eigenvalue weighted by atomic mass is 9.66. The van der Waals surface area contributed by atoms with Crippen LogP contribution in [0.5, 0.6) is 5.75 Å². The first-order valence-corrected chi connectivity index (χ1v) is 12.9. The zero-order chi connectivity index (χ0) is 22.8. The zero-order valence-electron chi connectivity index (χ0n) is 20.2. The number of nitrogens with zero attached hydrogens (tertiary/aromatic N) is 1. The van der Waals surface area contributed by atoms with Crippen LogP contribution in [0.25, 0.3) is 0 Å². The van der Waals surface area contributed by atoms with Gasteiger partial charge in [-0.1, -0.05) is 37.5 Å². The van der Waals surface area contributed by atoms with Crippen molar-refractivity contribution in [3.63, 3.8) is 0 Å². The van der Waals surface area contributed by atoms with Crippen molar-refractivity contribution in [3.05, 3.63) is 59.2 Å². The highest BCUT2D eigenvalue weighted by molar-refractivity contribution is 5.51. The number of hydrogen-bond acceptors (Lipinski definition) is 4. The van der Waals surface area contributed by atoms with Crippen LogP contribution in [-0.4, -0.2) is 38.7 Å². The van der Waals surface area contributed by atoms with Crippen molar-refractivity contribution in [2.24, 2.45) is 17.8 Å². The molecule has 2 fully saturated rings. The predicted molar refractivity (Wildman–Crippen MR) is 133 cm³/mol. The van der Waals surface area contributed by atoms with Gasteiger partial charge in [-0.3, -0.25) is 0 Å². The summed E-state index contributed by atoms with van der Waals surface area (Å²) in [4.78, 5) is 2.50. The van der Waals surface area contributed by atoms with E-state index < -0.39 is 0 Å². The average Bonchev–Trinajstić information content (AvgIpc) is 2.82. The van der Waals surface area contributed by atoms with Crippen LogP contribution in [-0.2, 0) is 15.9 Å². The molecule has 0 unspecified atom stereocenters. The molecule has 0 bridgehead atoms. The van der Waals surface area contributed by atoms with E-state index in [9.17, 15) is 5.11 Å². The van der Waals surface area contributed by atoms with Gasteiger partial charge in [0.1, 0.15) is 5.75 Å². The fourth-order valence-corrected chi connectivity index (χ4v) is 6.54. The predicted octanol–water partition coefficient (Wildman–Crippen LogP) is 6.11. The van der Waals surface area contributed by atoms with Gasteiger partial charge in [0.25, 0.3) is 0 Å². The Hall–Kier alpha value is -2.04. The zero-order valence-corrected chi connectivity index (χ0v) is 20.2. The number of benzene rings is 2. The summed E-state index contributed by atoms with van der Waals surface area (Å²) >= 11 is 0. The number of ether oxygens (including phenoxy) is 2. The Kier molecular flexibility index (Phi) is 6.94. The van der Waals surface area contributed by atoms with Crippen molar-refractivity contribution < 1.29 is 14.6 Å². The Morgan fingerprint density at radius 1 is 0.939 bits per heavy atom. The van der Waals surface area contributed by atoms with Gasteiger partial charge >= 0.3 is 0 Å². The van der Waals surface area contributed by atoms with Gasteiger partial charge in [-0.25, -0.2) is 0 Å². The van der Waals surface area contributed by atoms with E-state index in [1.807, 2.05) is 12.1 Å². The van der Waals surface area contributed by atoms with Crippen LogP contribution in [0.4, 0.5) is 5.69 Å². The second-order valence-corrected chi connectivity index (χ2v) is 10.4. The van der Waals surface area contributed by atoms with E-state index in [-0.39, 0.29) is 6.29 Å². The number of aryl methyl sites for hydroxylation is 1. The van der Waals surface area contributed by atoms with Gasteiger partial charge in [0.05, 0.1) is 0 Å². The molecule has 1 heterocycles. The molecular weight excluding hydrogens is 410 g/mol. The highest BCUT2D eigenvalue weighted by atomic mass is 16.7. The summed E-state index contributed by atoms with van der Waals surface area (Å²) in [7, 11) is 3.48. The Balaban J connectivity index is 1.33. The van der Waals surface area contributed by atoms with E-state index in [1.54, 1.807) is 14.2 Å². The highest BCUT2D eigenvalue weighted by Crippen LogP contribution is 2.47. The summed E-state index contributed by atoms with van der Waals surface area (Å²) < 4.78 is 11.0. The van der Waals surface area contributed by atoms with Gasteiger partial charge in [0, 0.05) is 44.8 Å². The molecule has 178 valence electrons. The molecule has 1 N–H and O–H groups in total. The topological polar surface area (TPSA) is 41.9 Å². The van der Waals surface area contributed by atoms with Gasteiger partial charge in [-0.15, -0.1) is 0 Å². The molecule has 5 rings (SSSR count). The van der Waals surface area contributed by atoms with Crippen molar-refractivity contribution in [1.29, 1.82) is 0 Å². The lowest BCUT2D eigenvalue weighted by Gasteiger charge is -2.39. The second-order valence-electron chi connectivity index (χ2n) is 10.4. The maximum atomic E-state index is 10.0. The number of aromatic hydroxyl groups is 1.